The first-order valence-electron chi connectivity index (χ1n) is 5.20. The number of halogens is 2. The van der Waals surface area contributed by atoms with Crippen LogP contribution in [0.2, 0.25) is 0 Å². The van der Waals surface area contributed by atoms with E-state index >= 15 is 0 Å². The molecule has 2 rings (SSSR count). The third kappa shape index (κ3) is 2.87. The van der Waals surface area contributed by atoms with Gasteiger partial charge in [0.05, 0.1) is 5.51 Å². The number of nitrogens with zero attached hydrogens (tertiary/aromatic N) is 1. The standard InChI is InChI=1S/C12H12F2N2S/c1-15-11(12-6-16-7-17-12)5-8-2-3-9(13)10(14)4-8/h2-4,6-7,11,15H,5H2,1H3. The van der Waals surface area contributed by atoms with Gasteiger partial charge in [0, 0.05) is 17.1 Å². The van der Waals surface area contributed by atoms with E-state index in [4.69, 9.17) is 0 Å². The molecule has 2 aromatic rings. The molecule has 0 saturated heterocycles. The minimum atomic E-state index is -0.812. The summed E-state index contributed by atoms with van der Waals surface area (Å²) in [7, 11) is 1.84. The van der Waals surface area contributed by atoms with E-state index in [1.807, 2.05) is 7.05 Å². The predicted octanol–water partition coefficient (Wildman–Crippen LogP) is 2.92. The maximum Gasteiger partial charge on any atom is 0.159 e. The summed E-state index contributed by atoms with van der Waals surface area (Å²) in [6, 6.07) is 4.07. The zero-order chi connectivity index (χ0) is 12.3. The molecule has 90 valence electrons. The van der Waals surface area contributed by atoms with Gasteiger partial charge in [0.1, 0.15) is 0 Å². The van der Waals surface area contributed by atoms with E-state index in [1.165, 1.54) is 6.07 Å². The molecule has 0 fully saturated rings. The largest absolute Gasteiger partial charge is 0.312 e. The normalized spacial score (nSPS) is 12.6. The predicted molar refractivity (Wildman–Crippen MR) is 64.0 cm³/mol. The fourth-order valence-electron chi connectivity index (χ4n) is 1.64. The van der Waals surface area contributed by atoms with Crippen molar-refractivity contribution < 1.29 is 8.78 Å². The summed E-state index contributed by atoms with van der Waals surface area (Å²) in [5.74, 6) is -1.62. The second-order valence-corrected chi connectivity index (χ2v) is 4.62. The lowest BCUT2D eigenvalue weighted by atomic mass is 10.1. The molecule has 1 N–H and O–H groups in total. The average Bonchev–Trinajstić information content (AvgIpc) is 2.84. The van der Waals surface area contributed by atoms with Crippen molar-refractivity contribution in [3.05, 3.63) is 52.0 Å². The monoisotopic (exact) mass is 254 g/mol. The molecular formula is C12H12F2N2S. The average molecular weight is 254 g/mol. The van der Waals surface area contributed by atoms with Crippen LogP contribution in [0.15, 0.2) is 29.9 Å². The number of thiazole rings is 1. The van der Waals surface area contributed by atoms with E-state index in [0.29, 0.717) is 6.42 Å². The van der Waals surface area contributed by atoms with Gasteiger partial charge in [0.2, 0.25) is 0 Å². The molecule has 0 aliphatic rings. The summed E-state index contributed by atoms with van der Waals surface area (Å²) in [5, 5.41) is 3.14. The first-order chi connectivity index (χ1) is 8.20. The van der Waals surface area contributed by atoms with Crippen molar-refractivity contribution in [2.75, 3.05) is 7.05 Å². The number of likely N-dealkylation sites (N-methyl/N-ethyl adjacent to an activating group) is 1. The summed E-state index contributed by atoms with van der Waals surface area (Å²) < 4.78 is 25.9. The maximum absolute atomic E-state index is 13.1. The first-order valence-corrected chi connectivity index (χ1v) is 6.08. The molecule has 5 heteroatoms. The van der Waals surface area contributed by atoms with Crippen LogP contribution in [0, 0.1) is 11.6 Å². The summed E-state index contributed by atoms with van der Waals surface area (Å²) in [4.78, 5) is 5.09. The molecule has 0 saturated carbocycles. The van der Waals surface area contributed by atoms with Crippen LogP contribution in [0.25, 0.3) is 0 Å². The van der Waals surface area contributed by atoms with Crippen molar-refractivity contribution in [2.24, 2.45) is 0 Å². The smallest absolute Gasteiger partial charge is 0.159 e. The number of nitrogens with one attached hydrogen (secondary N) is 1. The molecule has 1 unspecified atom stereocenters. The van der Waals surface area contributed by atoms with Crippen LogP contribution in [0.3, 0.4) is 0 Å². The van der Waals surface area contributed by atoms with E-state index in [2.05, 4.69) is 10.3 Å². The number of benzene rings is 1. The molecule has 0 amide bonds. The van der Waals surface area contributed by atoms with Gasteiger partial charge in [-0.2, -0.15) is 0 Å². The molecule has 1 heterocycles. The Bertz CT molecular complexity index is 485. The van der Waals surface area contributed by atoms with Crippen molar-refractivity contribution in [3.8, 4) is 0 Å². The van der Waals surface area contributed by atoms with Crippen molar-refractivity contribution in [1.82, 2.24) is 10.3 Å². The van der Waals surface area contributed by atoms with Gasteiger partial charge < -0.3 is 5.32 Å². The Morgan fingerprint density at radius 1 is 1.35 bits per heavy atom. The summed E-state index contributed by atoms with van der Waals surface area (Å²) in [6.45, 7) is 0. The van der Waals surface area contributed by atoms with Crippen LogP contribution in [0.1, 0.15) is 16.5 Å². The number of rotatable bonds is 4. The van der Waals surface area contributed by atoms with Gasteiger partial charge in [-0.1, -0.05) is 6.07 Å². The Labute approximate surface area is 102 Å². The highest BCUT2D eigenvalue weighted by Gasteiger charge is 2.12. The lowest BCUT2D eigenvalue weighted by Gasteiger charge is -2.14. The molecule has 0 bridgehead atoms. The molecule has 0 radical (unpaired) electrons. The highest BCUT2D eigenvalue weighted by Crippen LogP contribution is 2.22. The third-order valence-corrected chi connectivity index (χ3v) is 3.46. The Morgan fingerprint density at radius 2 is 2.18 bits per heavy atom. The second kappa shape index (κ2) is 5.33. The lowest BCUT2D eigenvalue weighted by molar-refractivity contribution is 0.505. The topological polar surface area (TPSA) is 24.9 Å². The van der Waals surface area contributed by atoms with Gasteiger partial charge in [-0.25, -0.2) is 8.78 Å². The van der Waals surface area contributed by atoms with Crippen molar-refractivity contribution in [3.63, 3.8) is 0 Å². The molecule has 0 aliphatic heterocycles. The minimum absolute atomic E-state index is 0.0763. The van der Waals surface area contributed by atoms with Crippen molar-refractivity contribution >= 4 is 11.3 Å². The van der Waals surface area contributed by atoms with Crippen LogP contribution in [0.4, 0.5) is 8.78 Å². The fourth-order valence-corrected chi connectivity index (χ4v) is 2.38. The van der Waals surface area contributed by atoms with Gasteiger partial charge in [-0.15, -0.1) is 11.3 Å². The lowest BCUT2D eigenvalue weighted by Crippen LogP contribution is -2.17. The first kappa shape index (κ1) is 12.1. The second-order valence-electron chi connectivity index (χ2n) is 3.70. The highest BCUT2D eigenvalue weighted by molar-refractivity contribution is 7.09. The van der Waals surface area contributed by atoms with Gasteiger partial charge in [-0.05, 0) is 31.2 Å². The molecule has 1 aromatic heterocycles. The van der Waals surface area contributed by atoms with Gasteiger partial charge in [0.25, 0.3) is 0 Å². The minimum Gasteiger partial charge on any atom is -0.312 e. The number of hydrogen-bond donors (Lipinski definition) is 1. The Kier molecular flexibility index (Phi) is 3.81. The van der Waals surface area contributed by atoms with Crippen LogP contribution in [-0.2, 0) is 6.42 Å². The molecule has 0 aliphatic carbocycles. The molecule has 17 heavy (non-hydrogen) atoms. The highest BCUT2D eigenvalue weighted by atomic mass is 32.1. The molecule has 0 spiro atoms. The van der Waals surface area contributed by atoms with E-state index in [0.717, 1.165) is 16.5 Å². The summed E-state index contributed by atoms with van der Waals surface area (Å²) in [6.07, 6.45) is 2.39. The number of aromatic nitrogens is 1. The SMILES string of the molecule is CNC(Cc1ccc(F)c(F)c1)c1cncs1. The third-order valence-electron chi connectivity index (χ3n) is 2.57. The Hall–Kier alpha value is -1.33. The zero-order valence-corrected chi connectivity index (χ0v) is 10.1. The van der Waals surface area contributed by atoms with Crippen LogP contribution in [0.5, 0.6) is 0 Å². The van der Waals surface area contributed by atoms with Crippen molar-refractivity contribution in [2.45, 2.75) is 12.5 Å². The van der Waals surface area contributed by atoms with E-state index in [1.54, 1.807) is 29.1 Å². The van der Waals surface area contributed by atoms with Gasteiger partial charge >= 0.3 is 0 Å². The molecular weight excluding hydrogens is 242 g/mol. The maximum atomic E-state index is 13.1. The fraction of sp³-hybridized carbons (Fsp3) is 0.250. The number of hydrogen-bond acceptors (Lipinski definition) is 3. The van der Waals surface area contributed by atoms with E-state index in [9.17, 15) is 8.78 Å². The van der Waals surface area contributed by atoms with Crippen LogP contribution < -0.4 is 5.32 Å². The zero-order valence-electron chi connectivity index (χ0n) is 9.28. The van der Waals surface area contributed by atoms with Crippen LogP contribution in [-0.4, -0.2) is 12.0 Å². The molecule has 1 aromatic carbocycles. The van der Waals surface area contributed by atoms with E-state index in [-0.39, 0.29) is 6.04 Å². The Balaban J connectivity index is 2.16. The van der Waals surface area contributed by atoms with Crippen LogP contribution >= 0.6 is 11.3 Å². The quantitative estimate of drug-likeness (QED) is 0.907. The summed E-state index contributed by atoms with van der Waals surface area (Å²) in [5.41, 5.74) is 2.52. The van der Waals surface area contributed by atoms with E-state index < -0.39 is 11.6 Å². The van der Waals surface area contributed by atoms with Gasteiger partial charge in [-0.3, -0.25) is 4.98 Å². The molecule has 2 nitrogen and oxygen atoms in total. The van der Waals surface area contributed by atoms with Gasteiger partial charge in [0.15, 0.2) is 11.6 Å². The van der Waals surface area contributed by atoms with Crippen molar-refractivity contribution in [1.29, 1.82) is 0 Å². The molecule has 1 atom stereocenters. The Morgan fingerprint density at radius 3 is 2.76 bits per heavy atom. The summed E-state index contributed by atoms with van der Waals surface area (Å²) >= 11 is 1.54.